The van der Waals surface area contributed by atoms with Crippen molar-refractivity contribution in [2.24, 2.45) is 5.41 Å². The molecule has 0 saturated heterocycles. The number of ether oxygens (including phenoxy) is 2. The summed E-state index contributed by atoms with van der Waals surface area (Å²) in [6.07, 6.45) is 1.18. The average molecular weight is 382 g/mol. The van der Waals surface area contributed by atoms with Gasteiger partial charge in [-0.1, -0.05) is 18.2 Å². The first-order valence-electron chi connectivity index (χ1n) is 9.43. The highest BCUT2D eigenvalue weighted by molar-refractivity contribution is 6.13. The fraction of sp³-hybridized carbons (Fsp3) is 0.364. The van der Waals surface area contributed by atoms with Crippen LogP contribution in [0.2, 0.25) is 0 Å². The first-order valence-corrected chi connectivity index (χ1v) is 9.43. The summed E-state index contributed by atoms with van der Waals surface area (Å²) in [4.78, 5) is 25.4. The Morgan fingerprint density at radius 3 is 2.32 bits per heavy atom. The Morgan fingerprint density at radius 2 is 1.71 bits per heavy atom. The van der Waals surface area contributed by atoms with E-state index < -0.39 is 5.41 Å². The Balaban J connectivity index is 1.59. The molecular formula is C22H26N2O4. The summed E-state index contributed by atoms with van der Waals surface area (Å²) in [7, 11) is 1.59. The molecule has 28 heavy (non-hydrogen) atoms. The molecule has 6 heteroatoms. The van der Waals surface area contributed by atoms with E-state index in [1.807, 2.05) is 38.1 Å². The number of methoxy groups -OCH3 is 1. The molecule has 2 aromatic rings. The zero-order valence-corrected chi connectivity index (χ0v) is 16.5. The van der Waals surface area contributed by atoms with Crippen LogP contribution in [0.1, 0.15) is 32.3 Å². The quantitative estimate of drug-likeness (QED) is 0.685. The predicted molar refractivity (Wildman–Crippen MR) is 107 cm³/mol. The molecule has 3 rings (SSSR count). The van der Waals surface area contributed by atoms with Crippen LogP contribution in [0.3, 0.4) is 0 Å². The van der Waals surface area contributed by atoms with E-state index in [9.17, 15) is 9.59 Å². The summed E-state index contributed by atoms with van der Waals surface area (Å²) in [5.74, 6) is 0.919. The Bertz CT molecular complexity index is 842. The van der Waals surface area contributed by atoms with Crippen molar-refractivity contribution < 1.29 is 19.1 Å². The van der Waals surface area contributed by atoms with Crippen molar-refractivity contribution in [3.05, 3.63) is 54.1 Å². The van der Waals surface area contributed by atoms with Crippen LogP contribution in [0.25, 0.3) is 0 Å². The second-order valence-corrected chi connectivity index (χ2v) is 7.22. The maximum absolute atomic E-state index is 12.7. The highest BCUT2D eigenvalue weighted by Gasteiger charge is 2.56. The Kier molecular flexibility index (Phi) is 5.87. The third kappa shape index (κ3) is 4.44. The topological polar surface area (TPSA) is 76.7 Å². The van der Waals surface area contributed by atoms with E-state index in [0.29, 0.717) is 30.8 Å². The van der Waals surface area contributed by atoms with Crippen molar-refractivity contribution in [2.45, 2.75) is 39.3 Å². The second-order valence-electron chi connectivity index (χ2n) is 7.22. The molecule has 0 spiro atoms. The van der Waals surface area contributed by atoms with E-state index in [1.165, 1.54) is 0 Å². The van der Waals surface area contributed by atoms with Crippen LogP contribution in [0.4, 0.5) is 5.69 Å². The summed E-state index contributed by atoms with van der Waals surface area (Å²) in [5, 5.41) is 5.72. The number of anilines is 1. The van der Waals surface area contributed by atoms with Crippen LogP contribution < -0.4 is 20.1 Å². The number of hydrogen-bond donors (Lipinski definition) is 2. The lowest BCUT2D eigenvalue weighted by Gasteiger charge is -2.17. The summed E-state index contributed by atoms with van der Waals surface area (Å²) >= 11 is 0. The standard InChI is InChI=1S/C22H26N2O4/c1-15(2)28-18-10-8-17(9-11-18)24-21(26)22(12-13-22)20(25)23-14-16-6-4-5-7-19(16)27-3/h4-11,15H,12-14H2,1-3H3,(H,23,25)(H,24,26). The second kappa shape index (κ2) is 8.33. The average Bonchev–Trinajstić information content (AvgIpc) is 3.49. The number of amides is 2. The Labute approximate surface area is 165 Å². The van der Waals surface area contributed by atoms with Crippen LogP contribution in [0.15, 0.2) is 48.5 Å². The minimum absolute atomic E-state index is 0.0853. The first kappa shape index (κ1) is 19.7. The number of nitrogens with one attached hydrogen (secondary N) is 2. The molecule has 0 bridgehead atoms. The lowest BCUT2D eigenvalue weighted by molar-refractivity contribution is -0.134. The van der Waals surface area contributed by atoms with Gasteiger partial charge in [0.25, 0.3) is 0 Å². The molecule has 0 unspecified atom stereocenters. The molecule has 1 aliphatic carbocycles. The van der Waals surface area contributed by atoms with Gasteiger partial charge in [-0.3, -0.25) is 9.59 Å². The van der Waals surface area contributed by atoms with E-state index >= 15 is 0 Å². The molecule has 0 radical (unpaired) electrons. The van der Waals surface area contributed by atoms with Crippen molar-refractivity contribution >= 4 is 17.5 Å². The molecule has 1 saturated carbocycles. The minimum Gasteiger partial charge on any atom is -0.496 e. The van der Waals surface area contributed by atoms with Gasteiger partial charge in [-0.15, -0.1) is 0 Å². The third-order valence-corrected chi connectivity index (χ3v) is 4.74. The van der Waals surface area contributed by atoms with Gasteiger partial charge in [0.15, 0.2) is 0 Å². The number of hydrogen-bond acceptors (Lipinski definition) is 4. The number of carbonyl (C=O) groups excluding carboxylic acids is 2. The fourth-order valence-corrected chi connectivity index (χ4v) is 3.02. The highest BCUT2D eigenvalue weighted by Crippen LogP contribution is 2.47. The molecule has 0 atom stereocenters. The number of rotatable bonds is 8. The summed E-state index contributed by atoms with van der Waals surface area (Å²) in [6, 6.07) is 14.6. The van der Waals surface area contributed by atoms with Crippen molar-refractivity contribution in [3.63, 3.8) is 0 Å². The van der Waals surface area contributed by atoms with Crippen LogP contribution in [-0.4, -0.2) is 25.0 Å². The molecule has 2 N–H and O–H groups in total. The first-order chi connectivity index (χ1) is 13.4. The zero-order valence-electron chi connectivity index (χ0n) is 16.5. The van der Waals surface area contributed by atoms with Crippen LogP contribution in [-0.2, 0) is 16.1 Å². The van der Waals surface area contributed by atoms with Gasteiger partial charge in [-0.05, 0) is 57.0 Å². The lowest BCUT2D eigenvalue weighted by atomic mass is 10.0. The van der Waals surface area contributed by atoms with Gasteiger partial charge in [0.05, 0.1) is 13.2 Å². The molecule has 0 aromatic heterocycles. The van der Waals surface area contributed by atoms with Gasteiger partial charge >= 0.3 is 0 Å². The van der Waals surface area contributed by atoms with Crippen LogP contribution in [0, 0.1) is 5.41 Å². The van der Waals surface area contributed by atoms with Gasteiger partial charge in [0.2, 0.25) is 11.8 Å². The fourth-order valence-electron chi connectivity index (χ4n) is 3.02. The number of para-hydroxylation sites is 1. The molecule has 148 valence electrons. The summed E-state index contributed by atoms with van der Waals surface area (Å²) < 4.78 is 10.9. The van der Waals surface area contributed by atoms with E-state index in [2.05, 4.69) is 10.6 Å². The minimum atomic E-state index is -0.991. The summed E-state index contributed by atoms with van der Waals surface area (Å²) in [6.45, 7) is 4.23. The predicted octanol–water partition coefficient (Wildman–Crippen LogP) is 3.52. The van der Waals surface area contributed by atoms with Crippen molar-refractivity contribution in [3.8, 4) is 11.5 Å². The van der Waals surface area contributed by atoms with Gasteiger partial charge in [0.1, 0.15) is 16.9 Å². The van der Waals surface area contributed by atoms with Crippen LogP contribution >= 0.6 is 0 Å². The maximum Gasteiger partial charge on any atom is 0.240 e. The van der Waals surface area contributed by atoms with Crippen molar-refractivity contribution in [1.29, 1.82) is 0 Å². The van der Waals surface area contributed by atoms with E-state index in [4.69, 9.17) is 9.47 Å². The van der Waals surface area contributed by atoms with Crippen molar-refractivity contribution in [2.75, 3.05) is 12.4 Å². The molecule has 1 aliphatic rings. The Morgan fingerprint density at radius 1 is 1.04 bits per heavy atom. The third-order valence-electron chi connectivity index (χ3n) is 4.74. The van der Waals surface area contributed by atoms with Crippen molar-refractivity contribution in [1.82, 2.24) is 5.32 Å². The molecule has 0 aliphatic heterocycles. The Hall–Kier alpha value is -3.02. The zero-order chi connectivity index (χ0) is 20.1. The van der Waals surface area contributed by atoms with E-state index in [0.717, 1.165) is 11.3 Å². The molecular weight excluding hydrogens is 356 g/mol. The van der Waals surface area contributed by atoms with Gasteiger partial charge in [-0.25, -0.2) is 0 Å². The molecule has 2 aromatic carbocycles. The molecule has 6 nitrogen and oxygen atoms in total. The normalized spacial score (nSPS) is 14.3. The van der Waals surface area contributed by atoms with E-state index in [1.54, 1.807) is 31.4 Å². The number of benzene rings is 2. The highest BCUT2D eigenvalue weighted by atomic mass is 16.5. The van der Waals surface area contributed by atoms with Crippen LogP contribution in [0.5, 0.6) is 11.5 Å². The van der Waals surface area contributed by atoms with Gasteiger partial charge in [-0.2, -0.15) is 0 Å². The number of carbonyl (C=O) groups is 2. The lowest BCUT2D eigenvalue weighted by Crippen LogP contribution is -2.39. The summed E-state index contributed by atoms with van der Waals surface area (Å²) in [5.41, 5.74) is 0.523. The smallest absolute Gasteiger partial charge is 0.240 e. The van der Waals surface area contributed by atoms with Gasteiger partial charge in [0, 0.05) is 17.8 Å². The molecule has 0 heterocycles. The maximum atomic E-state index is 12.7. The SMILES string of the molecule is COc1ccccc1CNC(=O)C1(C(=O)Nc2ccc(OC(C)C)cc2)CC1. The molecule has 2 amide bonds. The van der Waals surface area contributed by atoms with Gasteiger partial charge < -0.3 is 20.1 Å². The monoisotopic (exact) mass is 382 g/mol. The van der Waals surface area contributed by atoms with E-state index in [-0.39, 0.29) is 17.9 Å². The largest absolute Gasteiger partial charge is 0.496 e. The molecule has 1 fully saturated rings.